The Morgan fingerprint density at radius 1 is 1.10 bits per heavy atom. The second-order valence-electron chi connectivity index (χ2n) is 6.54. The summed E-state index contributed by atoms with van der Waals surface area (Å²) in [5, 5.41) is 16.0. The lowest BCUT2D eigenvalue weighted by atomic mass is 9.79. The van der Waals surface area contributed by atoms with E-state index in [1.54, 1.807) is 0 Å². The zero-order valence-electron chi connectivity index (χ0n) is 12.4. The zero-order valence-corrected chi connectivity index (χ0v) is 12.4. The zero-order chi connectivity index (χ0) is 14.1. The van der Waals surface area contributed by atoms with Gasteiger partial charge in [0.15, 0.2) is 0 Å². The summed E-state index contributed by atoms with van der Waals surface area (Å²) in [4.78, 5) is 0. The lowest BCUT2D eigenvalue weighted by Gasteiger charge is -2.37. The average Bonchev–Trinajstić information content (AvgIpc) is 3.20. The van der Waals surface area contributed by atoms with Gasteiger partial charge < -0.3 is 10.6 Å². The molecule has 2 heterocycles. The van der Waals surface area contributed by atoms with Crippen LogP contribution in [0.15, 0.2) is 24.4 Å². The van der Waals surface area contributed by atoms with Gasteiger partial charge in [0.2, 0.25) is 0 Å². The van der Waals surface area contributed by atoms with E-state index in [9.17, 15) is 0 Å². The van der Waals surface area contributed by atoms with Crippen LogP contribution in [0, 0.1) is 5.92 Å². The van der Waals surface area contributed by atoms with Gasteiger partial charge in [-0.2, -0.15) is 5.10 Å². The van der Waals surface area contributed by atoms with Crippen molar-refractivity contribution >= 4 is 16.6 Å². The minimum absolute atomic E-state index is 0.592. The van der Waals surface area contributed by atoms with E-state index in [0.717, 1.165) is 11.4 Å². The topological polar surface area (TPSA) is 52.7 Å². The van der Waals surface area contributed by atoms with Gasteiger partial charge in [0.25, 0.3) is 0 Å². The Morgan fingerprint density at radius 3 is 2.95 bits per heavy atom. The van der Waals surface area contributed by atoms with Crippen molar-refractivity contribution in [3.63, 3.8) is 0 Å². The standard InChI is InChI=1S/C17H24N4/c1-2-6-15(12(5-1)14-9-4-10-18-14)20-16-7-3-8-17-13(16)11-19-21-17/h3,7-8,11-12,14-15,18,20H,1-2,4-6,9-10H2,(H,19,21). The Bertz CT molecular complexity index is 600. The van der Waals surface area contributed by atoms with Gasteiger partial charge in [0.1, 0.15) is 0 Å². The third-order valence-electron chi connectivity index (χ3n) is 5.26. The largest absolute Gasteiger partial charge is 0.381 e. The summed E-state index contributed by atoms with van der Waals surface area (Å²) < 4.78 is 0. The number of fused-ring (bicyclic) bond motifs is 1. The number of nitrogens with zero attached hydrogens (tertiary/aromatic N) is 1. The van der Waals surface area contributed by atoms with Crippen LogP contribution in [0.5, 0.6) is 0 Å². The maximum Gasteiger partial charge on any atom is 0.0671 e. The van der Waals surface area contributed by atoms with Gasteiger partial charge in [0.05, 0.1) is 11.7 Å². The molecule has 112 valence electrons. The average molecular weight is 284 g/mol. The molecule has 0 amide bonds. The van der Waals surface area contributed by atoms with E-state index >= 15 is 0 Å². The summed E-state index contributed by atoms with van der Waals surface area (Å²) in [6.07, 6.45) is 10.0. The van der Waals surface area contributed by atoms with E-state index in [4.69, 9.17) is 0 Å². The van der Waals surface area contributed by atoms with Crippen LogP contribution >= 0.6 is 0 Å². The smallest absolute Gasteiger partial charge is 0.0671 e. The minimum Gasteiger partial charge on any atom is -0.381 e. The fourth-order valence-electron chi connectivity index (χ4n) is 4.19. The number of aromatic nitrogens is 2. The van der Waals surface area contributed by atoms with Crippen LogP contribution in [0.25, 0.3) is 10.9 Å². The summed E-state index contributed by atoms with van der Waals surface area (Å²) in [5.74, 6) is 0.767. The van der Waals surface area contributed by atoms with Gasteiger partial charge in [-0.3, -0.25) is 5.10 Å². The highest BCUT2D eigenvalue weighted by atomic mass is 15.1. The summed E-state index contributed by atoms with van der Waals surface area (Å²) in [7, 11) is 0. The van der Waals surface area contributed by atoms with Crippen molar-refractivity contribution < 1.29 is 0 Å². The van der Waals surface area contributed by atoms with Crippen molar-refractivity contribution in [3.05, 3.63) is 24.4 Å². The summed E-state index contributed by atoms with van der Waals surface area (Å²) in [6.45, 7) is 1.20. The predicted molar refractivity (Wildman–Crippen MR) is 86.5 cm³/mol. The first-order valence-electron chi connectivity index (χ1n) is 8.34. The molecule has 4 rings (SSSR count). The molecule has 2 aromatic rings. The molecule has 4 heteroatoms. The van der Waals surface area contributed by atoms with Crippen LogP contribution in [0.2, 0.25) is 0 Å². The Labute approximate surface area is 125 Å². The molecule has 1 aliphatic heterocycles. The van der Waals surface area contributed by atoms with E-state index in [0.29, 0.717) is 12.1 Å². The second-order valence-corrected chi connectivity index (χ2v) is 6.54. The van der Waals surface area contributed by atoms with Gasteiger partial charge in [0, 0.05) is 23.2 Å². The fraction of sp³-hybridized carbons (Fsp3) is 0.588. The van der Waals surface area contributed by atoms with E-state index in [1.807, 2.05) is 6.20 Å². The first kappa shape index (κ1) is 13.1. The molecule has 2 fully saturated rings. The highest BCUT2D eigenvalue weighted by molar-refractivity contribution is 5.90. The maximum absolute atomic E-state index is 4.17. The van der Waals surface area contributed by atoms with E-state index < -0.39 is 0 Å². The van der Waals surface area contributed by atoms with Crippen molar-refractivity contribution in [2.45, 2.75) is 50.6 Å². The van der Waals surface area contributed by atoms with Crippen molar-refractivity contribution in [1.29, 1.82) is 0 Å². The molecule has 2 aliphatic rings. The molecule has 1 saturated heterocycles. The summed E-state index contributed by atoms with van der Waals surface area (Å²) >= 11 is 0. The Kier molecular flexibility index (Phi) is 3.55. The predicted octanol–water partition coefficient (Wildman–Crippen LogP) is 3.29. The van der Waals surface area contributed by atoms with Gasteiger partial charge in [-0.25, -0.2) is 0 Å². The monoisotopic (exact) mass is 284 g/mol. The SMILES string of the molecule is c1cc(NC2CCCCC2C2CCCN2)c2cn[nH]c2c1. The van der Waals surface area contributed by atoms with Crippen LogP contribution < -0.4 is 10.6 Å². The summed E-state index contributed by atoms with van der Waals surface area (Å²) in [5.41, 5.74) is 2.35. The fourth-order valence-corrected chi connectivity index (χ4v) is 4.19. The van der Waals surface area contributed by atoms with Gasteiger partial charge >= 0.3 is 0 Å². The van der Waals surface area contributed by atoms with Crippen LogP contribution in [0.1, 0.15) is 38.5 Å². The lowest BCUT2D eigenvalue weighted by molar-refractivity contribution is 0.263. The van der Waals surface area contributed by atoms with Crippen LogP contribution in [-0.2, 0) is 0 Å². The Hall–Kier alpha value is -1.55. The third-order valence-corrected chi connectivity index (χ3v) is 5.26. The number of hydrogen-bond donors (Lipinski definition) is 3. The highest BCUT2D eigenvalue weighted by Crippen LogP contribution is 2.33. The number of benzene rings is 1. The molecule has 1 aromatic heterocycles. The molecule has 0 bridgehead atoms. The molecule has 3 N–H and O–H groups in total. The molecular formula is C17H24N4. The first-order valence-corrected chi connectivity index (χ1v) is 8.34. The van der Waals surface area contributed by atoms with Gasteiger partial charge in [-0.05, 0) is 50.3 Å². The molecule has 0 spiro atoms. The van der Waals surface area contributed by atoms with Gasteiger partial charge in [-0.15, -0.1) is 0 Å². The second kappa shape index (κ2) is 5.68. The van der Waals surface area contributed by atoms with E-state index in [-0.39, 0.29) is 0 Å². The molecule has 0 radical (unpaired) electrons. The van der Waals surface area contributed by atoms with Crippen molar-refractivity contribution in [2.75, 3.05) is 11.9 Å². The Balaban J connectivity index is 1.57. The number of anilines is 1. The van der Waals surface area contributed by atoms with E-state index in [2.05, 4.69) is 39.0 Å². The molecule has 4 nitrogen and oxygen atoms in total. The lowest BCUT2D eigenvalue weighted by Crippen LogP contribution is -2.43. The van der Waals surface area contributed by atoms with Gasteiger partial charge in [-0.1, -0.05) is 18.9 Å². The molecule has 3 atom stereocenters. The van der Waals surface area contributed by atoms with E-state index in [1.165, 1.54) is 56.1 Å². The maximum atomic E-state index is 4.17. The number of nitrogens with one attached hydrogen (secondary N) is 3. The molecule has 1 saturated carbocycles. The quantitative estimate of drug-likeness (QED) is 0.810. The number of rotatable bonds is 3. The normalized spacial score (nSPS) is 29.8. The molecular weight excluding hydrogens is 260 g/mol. The minimum atomic E-state index is 0.592. The molecule has 1 aliphatic carbocycles. The number of hydrogen-bond acceptors (Lipinski definition) is 3. The highest BCUT2D eigenvalue weighted by Gasteiger charge is 2.33. The molecule has 3 unspecified atom stereocenters. The Morgan fingerprint density at radius 2 is 2.05 bits per heavy atom. The van der Waals surface area contributed by atoms with Crippen molar-refractivity contribution in [3.8, 4) is 0 Å². The van der Waals surface area contributed by atoms with Crippen molar-refractivity contribution in [2.24, 2.45) is 5.92 Å². The number of H-pyrrole nitrogens is 1. The molecule has 21 heavy (non-hydrogen) atoms. The summed E-state index contributed by atoms with van der Waals surface area (Å²) in [6, 6.07) is 7.69. The van der Waals surface area contributed by atoms with Crippen molar-refractivity contribution in [1.82, 2.24) is 15.5 Å². The molecule has 1 aromatic carbocycles. The van der Waals surface area contributed by atoms with Crippen LogP contribution in [0.3, 0.4) is 0 Å². The van der Waals surface area contributed by atoms with Crippen LogP contribution in [-0.4, -0.2) is 28.8 Å². The third kappa shape index (κ3) is 2.53. The number of aromatic amines is 1. The van der Waals surface area contributed by atoms with Crippen LogP contribution in [0.4, 0.5) is 5.69 Å². The first-order chi connectivity index (χ1) is 10.4.